The molecule has 41 heavy (non-hydrogen) atoms. The van der Waals surface area contributed by atoms with E-state index in [0.29, 0.717) is 17.6 Å². The summed E-state index contributed by atoms with van der Waals surface area (Å²) in [7, 11) is 0. The number of hydrogen-bond donors (Lipinski definition) is 0. The summed E-state index contributed by atoms with van der Waals surface area (Å²) in [6.07, 6.45) is 0. The highest BCUT2D eigenvalue weighted by Crippen LogP contribution is 2.36. The van der Waals surface area contributed by atoms with Crippen LogP contribution in [0.25, 0.3) is 72.4 Å². The van der Waals surface area contributed by atoms with Gasteiger partial charge >= 0.3 is 0 Å². The molecule has 0 N–H and O–H groups in total. The van der Waals surface area contributed by atoms with E-state index in [1.165, 1.54) is 21.9 Å². The quantitative estimate of drug-likeness (QED) is 0.231. The van der Waals surface area contributed by atoms with Crippen molar-refractivity contribution in [3.05, 3.63) is 146 Å². The maximum Gasteiger partial charge on any atom is 0.238 e. The van der Waals surface area contributed by atoms with Gasteiger partial charge in [-0.3, -0.25) is 4.57 Å². The van der Waals surface area contributed by atoms with E-state index in [1.54, 1.807) is 0 Å². The number of benzene rings is 6. The summed E-state index contributed by atoms with van der Waals surface area (Å²) in [5.74, 6) is 1.89. The first-order valence-electron chi connectivity index (χ1n) is 13.7. The molecule has 0 atom stereocenters. The predicted molar refractivity (Wildman–Crippen MR) is 168 cm³/mol. The van der Waals surface area contributed by atoms with Gasteiger partial charge in [0.25, 0.3) is 0 Å². The summed E-state index contributed by atoms with van der Waals surface area (Å²) in [6, 6.07) is 50.3. The van der Waals surface area contributed by atoms with Gasteiger partial charge in [-0.1, -0.05) is 127 Å². The molecule has 2 heterocycles. The van der Waals surface area contributed by atoms with Crippen LogP contribution in [0.4, 0.5) is 0 Å². The third-order valence-electron chi connectivity index (χ3n) is 7.69. The van der Waals surface area contributed by atoms with E-state index in [1.807, 2.05) is 36.4 Å². The number of fused-ring (bicyclic) bond motifs is 4. The molecule has 4 nitrogen and oxygen atoms in total. The Balaban J connectivity index is 1.43. The van der Waals surface area contributed by atoms with Gasteiger partial charge in [-0.05, 0) is 40.1 Å². The molecule has 0 amide bonds. The van der Waals surface area contributed by atoms with Crippen LogP contribution in [0.5, 0.6) is 0 Å². The lowest BCUT2D eigenvalue weighted by Crippen LogP contribution is -2.06. The monoisotopic (exact) mass is 524 g/mol. The average molecular weight is 525 g/mol. The van der Waals surface area contributed by atoms with E-state index in [0.717, 1.165) is 32.9 Å². The molecule has 192 valence electrons. The van der Waals surface area contributed by atoms with Crippen LogP contribution in [0.15, 0.2) is 146 Å². The third kappa shape index (κ3) is 3.88. The van der Waals surface area contributed by atoms with E-state index >= 15 is 0 Å². The highest BCUT2D eigenvalue weighted by molar-refractivity contribution is 6.09. The van der Waals surface area contributed by atoms with Crippen molar-refractivity contribution in [3.63, 3.8) is 0 Å². The van der Waals surface area contributed by atoms with Gasteiger partial charge in [0.2, 0.25) is 5.95 Å². The van der Waals surface area contributed by atoms with E-state index in [9.17, 15) is 0 Å². The molecule has 0 spiro atoms. The molecule has 0 aliphatic heterocycles. The van der Waals surface area contributed by atoms with Gasteiger partial charge in [0.15, 0.2) is 11.6 Å². The Bertz CT molecular complexity index is 2150. The van der Waals surface area contributed by atoms with Crippen LogP contribution in [-0.2, 0) is 0 Å². The number of para-hydroxylation sites is 2. The molecule has 0 fully saturated rings. The highest BCUT2D eigenvalue weighted by Gasteiger charge is 2.19. The van der Waals surface area contributed by atoms with Crippen LogP contribution in [-0.4, -0.2) is 19.5 Å². The number of hydrogen-bond acceptors (Lipinski definition) is 3. The lowest BCUT2D eigenvalue weighted by atomic mass is 9.95. The molecule has 8 aromatic rings. The molecule has 0 aliphatic rings. The van der Waals surface area contributed by atoms with E-state index < -0.39 is 0 Å². The highest BCUT2D eigenvalue weighted by atomic mass is 15.2. The summed E-state index contributed by atoms with van der Waals surface area (Å²) in [6.45, 7) is 0. The Morgan fingerprint density at radius 3 is 1.44 bits per heavy atom. The largest absolute Gasteiger partial charge is 0.278 e. The molecular formula is C37H24N4. The van der Waals surface area contributed by atoms with Gasteiger partial charge in [-0.15, -0.1) is 0 Å². The van der Waals surface area contributed by atoms with E-state index in [4.69, 9.17) is 15.0 Å². The fourth-order valence-electron chi connectivity index (χ4n) is 5.80. The van der Waals surface area contributed by atoms with Crippen molar-refractivity contribution in [2.24, 2.45) is 0 Å². The molecule has 4 heteroatoms. The molecule has 0 aliphatic carbocycles. The second-order valence-electron chi connectivity index (χ2n) is 10.1. The Morgan fingerprint density at radius 1 is 0.341 bits per heavy atom. The first-order chi connectivity index (χ1) is 20.3. The number of aromatic nitrogens is 4. The Labute approximate surface area is 237 Å². The standard InChI is InChI=1S/C37H24N4/c1-3-13-25(14-4-1)27-23-24-32(29-18-8-7-17-28(27)29)36-38-35(26-15-5-2-6-16-26)39-37(40-36)41-33-21-11-9-19-30(33)31-20-10-12-22-34(31)41/h1-24H. The zero-order chi connectivity index (χ0) is 27.2. The first kappa shape index (κ1) is 23.3. The van der Waals surface area contributed by atoms with E-state index in [-0.39, 0.29) is 0 Å². The van der Waals surface area contributed by atoms with Gasteiger partial charge in [-0.2, -0.15) is 9.97 Å². The van der Waals surface area contributed by atoms with Crippen LogP contribution >= 0.6 is 0 Å². The van der Waals surface area contributed by atoms with Gasteiger partial charge in [-0.25, -0.2) is 4.98 Å². The minimum atomic E-state index is 0.600. The maximum absolute atomic E-state index is 5.17. The lowest BCUT2D eigenvalue weighted by molar-refractivity contribution is 0.954. The topological polar surface area (TPSA) is 43.6 Å². The van der Waals surface area contributed by atoms with Crippen molar-refractivity contribution in [1.82, 2.24) is 19.5 Å². The zero-order valence-electron chi connectivity index (χ0n) is 22.1. The summed E-state index contributed by atoms with van der Waals surface area (Å²) < 4.78 is 2.16. The molecule has 2 aromatic heterocycles. The van der Waals surface area contributed by atoms with Crippen molar-refractivity contribution in [3.8, 4) is 39.9 Å². The number of rotatable bonds is 4. The van der Waals surface area contributed by atoms with Crippen molar-refractivity contribution >= 4 is 32.6 Å². The minimum absolute atomic E-state index is 0.600. The lowest BCUT2D eigenvalue weighted by Gasteiger charge is -2.14. The van der Waals surface area contributed by atoms with Crippen LogP contribution in [0.1, 0.15) is 0 Å². The Hall–Kier alpha value is -5.61. The van der Waals surface area contributed by atoms with Gasteiger partial charge in [0.1, 0.15) is 0 Å². The second-order valence-corrected chi connectivity index (χ2v) is 10.1. The van der Waals surface area contributed by atoms with Crippen molar-refractivity contribution < 1.29 is 0 Å². The van der Waals surface area contributed by atoms with Crippen LogP contribution in [0.2, 0.25) is 0 Å². The van der Waals surface area contributed by atoms with Crippen molar-refractivity contribution in [2.75, 3.05) is 0 Å². The van der Waals surface area contributed by atoms with Gasteiger partial charge < -0.3 is 0 Å². The normalized spacial score (nSPS) is 11.4. The molecule has 8 rings (SSSR count). The zero-order valence-corrected chi connectivity index (χ0v) is 22.1. The smallest absolute Gasteiger partial charge is 0.238 e. The Morgan fingerprint density at radius 2 is 0.805 bits per heavy atom. The maximum atomic E-state index is 5.17. The minimum Gasteiger partial charge on any atom is -0.278 e. The molecular weight excluding hydrogens is 500 g/mol. The van der Waals surface area contributed by atoms with E-state index in [2.05, 4.69) is 114 Å². The molecule has 6 aromatic carbocycles. The molecule has 0 saturated heterocycles. The van der Waals surface area contributed by atoms with Crippen molar-refractivity contribution in [1.29, 1.82) is 0 Å². The second kappa shape index (κ2) is 9.54. The van der Waals surface area contributed by atoms with Crippen LogP contribution < -0.4 is 0 Å². The molecule has 0 bridgehead atoms. The molecule has 0 radical (unpaired) electrons. The summed E-state index contributed by atoms with van der Waals surface area (Å²) in [5, 5.41) is 4.61. The van der Waals surface area contributed by atoms with Gasteiger partial charge in [0.05, 0.1) is 11.0 Å². The number of nitrogens with zero attached hydrogens (tertiary/aromatic N) is 4. The SMILES string of the molecule is c1ccc(-c2nc(-c3ccc(-c4ccccc4)c4ccccc34)nc(-n3c4ccccc4c4ccccc43)n2)cc1. The van der Waals surface area contributed by atoms with Crippen LogP contribution in [0, 0.1) is 0 Å². The summed E-state index contributed by atoms with van der Waals surface area (Å²) >= 11 is 0. The summed E-state index contributed by atoms with van der Waals surface area (Å²) in [4.78, 5) is 15.3. The molecule has 0 unspecified atom stereocenters. The van der Waals surface area contributed by atoms with Crippen molar-refractivity contribution in [2.45, 2.75) is 0 Å². The molecule has 0 saturated carbocycles. The third-order valence-corrected chi connectivity index (χ3v) is 7.69. The van der Waals surface area contributed by atoms with Gasteiger partial charge in [0, 0.05) is 21.9 Å². The van der Waals surface area contributed by atoms with Crippen LogP contribution in [0.3, 0.4) is 0 Å². The summed E-state index contributed by atoms with van der Waals surface area (Å²) in [5.41, 5.74) is 6.42. The Kier molecular flexibility index (Phi) is 5.42. The fraction of sp³-hybridized carbons (Fsp3) is 0. The average Bonchev–Trinajstić information content (AvgIpc) is 3.39. The predicted octanol–water partition coefficient (Wildman–Crippen LogP) is 9.12. The fourth-order valence-corrected chi connectivity index (χ4v) is 5.80. The first-order valence-corrected chi connectivity index (χ1v) is 13.7.